The third-order valence-electron chi connectivity index (χ3n) is 3.72. The minimum Gasteiger partial charge on any atom is -0.0769 e. The van der Waals surface area contributed by atoms with E-state index in [9.17, 15) is 0 Å². The second-order valence-corrected chi connectivity index (χ2v) is 7.22. The van der Waals surface area contributed by atoms with Gasteiger partial charge in [0.1, 0.15) is 0 Å². The topological polar surface area (TPSA) is 0 Å². The summed E-state index contributed by atoms with van der Waals surface area (Å²) in [5.41, 5.74) is 0. The van der Waals surface area contributed by atoms with Gasteiger partial charge in [-0.3, -0.25) is 0 Å². The van der Waals surface area contributed by atoms with E-state index in [4.69, 9.17) is 0 Å². The first-order valence-electron chi connectivity index (χ1n) is 7.18. The van der Waals surface area contributed by atoms with Gasteiger partial charge in [0.2, 0.25) is 0 Å². The van der Waals surface area contributed by atoms with E-state index in [1.807, 2.05) is 0 Å². The normalized spacial score (nSPS) is 17.5. The summed E-state index contributed by atoms with van der Waals surface area (Å²) in [6.45, 7) is 2.28. The lowest BCUT2D eigenvalue weighted by Gasteiger charge is -2.24. The van der Waals surface area contributed by atoms with Crippen molar-refractivity contribution in [3.63, 3.8) is 0 Å². The fourth-order valence-electron chi connectivity index (χ4n) is 2.70. The van der Waals surface area contributed by atoms with Crippen molar-refractivity contribution in [3.05, 3.63) is 84.2 Å². The predicted molar refractivity (Wildman–Crippen MR) is 90.1 cm³/mol. The van der Waals surface area contributed by atoms with Gasteiger partial charge in [-0.15, -0.1) is 0 Å². The molecule has 0 N–H and O–H groups in total. The molecular weight excluding hydrogens is 259 g/mol. The second kappa shape index (κ2) is 6.20. The van der Waals surface area contributed by atoms with Gasteiger partial charge in [-0.1, -0.05) is 85.8 Å². The Morgan fingerprint density at radius 1 is 0.850 bits per heavy atom. The Bertz CT molecular complexity index is 571. The van der Waals surface area contributed by atoms with Crippen molar-refractivity contribution in [3.8, 4) is 0 Å². The summed E-state index contributed by atoms with van der Waals surface area (Å²) in [6.07, 6.45) is 8.09. The molecule has 0 radical (unpaired) electrons. The standard InChI is InChI=1S/C19H19P/c1-2-16-10-9-15-19(16)20(17-11-5-3-6-12-17)18-13-7-4-8-14-18/h3-16H,2H2,1H3. The van der Waals surface area contributed by atoms with Crippen molar-refractivity contribution in [2.45, 2.75) is 13.3 Å². The van der Waals surface area contributed by atoms with Gasteiger partial charge in [0, 0.05) is 5.92 Å². The van der Waals surface area contributed by atoms with Crippen molar-refractivity contribution in [2.24, 2.45) is 5.92 Å². The maximum Gasteiger partial charge on any atom is 0.00292 e. The minimum atomic E-state index is -0.399. The first-order chi connectivity index (χ1) is 9.90. The summed E-state index contributed by atoms with van der Waals surface area (Å²) in [4.78, 5) is 0. The number of hydrogen-bond donors (Lipinski definition) is 0. The molecule has 0 nitrogen and oxygen atoms in total. The van der Waals surface area contributed by atoms with Crippen LogP contribution in [0.25, 0.3) is 0 Å². The van der Waals surface area contributed by atoms with Crippen LogP contribution in [-0.4, -0.2) is 0 Å². The minimum absolute atomic E-state index is 0.399. The first kappa shape index (κ1) is 13.3. The van der Waals surface area contributed by atoms with Crippen molar-refractivity contribution in [1.82, 2.24) is 0 Å². The Labute approximate surface area is 122 Å². The lowest BCUT2D eigenvalue weighted by molar-refractivity contribution is 0.772. The Balaban J connectivity index is 2.06. The smallest absolute Gasteiger partial charge is 0.00292 e. The van der Waals surface area contributed by atoms with Crippen molar-refractivity contribution >= 4 is 18.5 Å². The lowest BCUT2D eigenvalue weighted by Crippen LogP contribution is -2.15. The van der Waals surface area contributed by atoms with E-state index in [1.54, 1.807) is 5.31 Å². The zero-order valence-electron chi connectivity index (χ0n) is 11.7. The van der Waals surface area contributed by atoms with Gasteiger partial charge in [-0.05, 0) is 30.3 Å². The molecule has 0 heterocycles. The molecule has 0 spiro atoms. The van der Waals surface area contributed by atoms with Crippen LogP contribution in [0.15, 0.2) is 84.2 Å². The first-order valence-corrected chi connectivity index (χ1v) is 8.53. The Morgan fingerprint density at radius 3 is 1.90 bits per heavy atom. The number of hydrogen-bond acceptors (Lipinski definition) is 0. The summed E-state index contributed by atoms with van der Waals surface area (Å²) in [6, 6.07) is 21.9. The largest absolute Gasteiger partial charge is 0.0769 e. The zero-order chi connectivity index (χ0) is 13.8. The molecule has 20 heavy (non-hydrogen) atoms. The fourth-order valence-corrected chi connectivity index (χ4v) is 5.37. The molecular formula is C19H19P. The highest BCUT2D eigenvalue weighted by molar-refractivity contribution is 7.76. The van der Waals surface area contributed by atoms with Crippen LogP contribution in [0.1, 0.15) is 13.3 Å². The van der Waals surface area contributed by atoms with Gasteiger partial charge in [0.05, 0.1) is 0 Å². The van der Waals surface area contributed by atoms with E-state index in [2.05, 4.69) is 85.8 Å². The molecule has 2 aromatic rings. The molecule has 0 amide bonds. The third kappa shape index (κ3) is 2.62. The third-order valence-corrected chi connectivity index (χ3v) is 6.34. The SMILES string of the molecule is CCC1C=CC=C1P(c1ccccc1)c1ccccc1. The van der Waals surface area contributed by atoms with E-state index in [0.29, 0.717) is 5.92 Å². The molecule has 0 saturated carbocycles. The molecule has 3 rings (SSSR count). The fraction of sp³-hybridized carbons (Fsp3) is 0.158. The lowest BCUT2D eigenvalue weighted by atomic mass is 10.1. The molecule has 1 heteroatoms. The van der Waals surface area contributed by atoms with Crippen LogP contribution in [0.2, 0.25) is 0 Å². The summed E-state index contributed by atoms with van der Waals surface area (Å²) in [5, 5.41) is 4.48. The van der Waals surface area contributed by atoms with Gasteiger partial charge in [0.15, 0.2) is 0 Å². The van der Waals surface area contributed by atoms with Gasteiger partial charge in [-0.25, -0.2) is 0 Å². The van der Waals surface area contributed by atoms with Crippen molar-refractivity contribution < 1.29 is 0 Å². The number of rotatable bonds is 4. The monoisotopic (exact) mass is 278 g/mol. The van der Waals surface area contributed by atoms with E-state index >= 15 is 0 Å². The average Bonchev–Trinajstić information content (AvgIpc) is 2.98. The van der Waals surface area contributed by atoms with E-state index < -0.39 is 7.92 Å². The highest BCUT2D eigenvalue weighted by Crippen LogP contribution is 2.49. The van der Waals surface area contributed by atoms with Crippen molar-refractivity contribution in [1.29, 1.82) is 0 Å². The predicted octanol–water partition coefficient (Wildman–Crippen LogP) is 4.60. The number of allylic oxidation sites excluding steroid dienone is 4. The molecule has 1 atom stereocenters. The number of benzene rings is 2. The highest BCUT2D eigenvalue weighted by Gasteiger charge is 2.24. The Hall–Kier alpha value is -1.65. The zero-order valence-corrected chi connectivity index (χ0v) is 12.6. The molecule has 0 aliphatic heterocycles. The summed E-state index contributed by atoms with van der Waals surface area (Å²) in [5.74, 6) is 0.599. The highest BCUT2D eigenvalue weighted by atomic mass is 31.1. The molecule has 0 bridgehead atoms. The van der Waals surface area contributed by atoms with Crippen LogP contribution in [0.4, 0.5) is 0 Å². The van der Waals surface area contributed by atoms with Crippen LogP contribution in [0, 0.1) is 5.92 Å². The van der Waals surface area contributed by atoms with E-state index in [0.717, 1.165) is 0 Å². The maximum atomic E-state index is 2.34. The van der Waals surface area contributed by atoms with Gasteiger partial charge < -0.3 is 0 Å². The Kier molecular flexibility index (Phi) is 4.14. The molecule has 1 unspecified atom stereocenters. The molecule has 1 aliphatic rings. The van der Waals surface area contributed by atoms with E-state index in [-0.39, 0.29) is 0 Å². The second-order valence-electron chi connectivity index (χ2n) is 5.00. The molecule has 100 valence electrons. The van der Waals surface area contributed by atoms with Crippen LogP contribution >= 0.6 is 7.92 Å². The average molecular weight is 278 g/mol. The summed E-state index contributed by atoms with van der Waals surface area (Å²) in [7, 11) is -0.399. The summed E-state index contributed by atoms with van der Waals surface area (Å²) < 4.78 is 0. The molecule has 1 aliphatic carbocycles. The molecule has 2 aromatic carbocycles. The maximum absolute atomic E-state index is 2.34. The molecule has 0 saturated heterocycles. The van der Waals surface area contributed by atoms with Crippen LogP contribution in [0.5, 0.6) is 0 Å². The van der Waals surface area contributed by atoms with Crippen LogP contribution in [-0.2, 0) is 0 Å². The van der Waals surface area contributed by atoms with Crippen molar-refractivity contribution in [2.75, 3.05) is 0 Å². The quantitative estimate of drug-likeness (QED) is 0.717. The van der Waals surface area contributed by atoms with Gasteiger partial charge in [0.25, 0.3) is 0 Å². The molecule has 0 aromatic heterocycles. The van der Waals surface area contributed by atoms with Crippen LogP contribution < -0.4 is 10.6 Å². The van der Waals surface area contributed by atoms with Gasteiger partial charge >= 0.3 is 0 Å². The van der Waals surface area contributed by atoms with Crippen LogP contribution in [0.3, 0.4) is 0 Å². The van der Waals surface area contributed by atoms with Gasteiger partial charge in [-0.2, -0.15) is 0 Å². The Morgan fingerprint density at radius 2 is 1.40 bits per heavy atom. The summed E-state index contributed by atoms with van der Waals surface area (Å²) >= 11 is 0. The van der Waals surface area contributed by atoms with E-state index in [1.165, 1.54) is 17.0 Å². The molecule has 0 fully saturated rings.